The van der Waals surface area contributed by atoms with Gasteiger partial charge in [-0.25, -0.2) is 0 Å². The number of carbonyl (C=O) groups is 3. The van der Waals surface area contributed by atoms with E-state index in [4.69, 9.17) is 14.2 Å². The summed E-state index contributed by atoms with van der Waals surface area (Å²) in [6.45, 7) is 6.37. The van der Waals surface area contributed by atoms with Gasteiger partial charge in [0.2, 0.25) is 0 Å². The van der Waals surface area contributed by atoms with Crippen molar-refractivity contribution in [3.63, 3.8) is 0 Å². The molecule has 0 aliphatic carbocycles. The molecule has 0 heterocycles. The second-order valence-electron chi connectivity index (χ2n) is 17.7. The Bertz CT molecular complexity index is 1510. The molecular weight excluding hydrogens is 853 g/mol. The zero-order valence-electron chi connectivity index (χ0n) is 44.3. The summed E-state index contributed by atoms with van der Waals surface area (Å²) in [6, 6.07) is 0. The predicted molar refractivity (Wildman–Crippen MR) is 297 cm³/mol. The summed E-state index contributed by atoms with van der Waals surface area (Å²) in [5.41, 5.74) is 0. The average molecular weight is 953 g/mol. The molecule has 0 saturated carbocycles. The van der Waals surface area contributed by atoms with Crippen LogP contribution in [0.25, 0.3) is 0 Å². The number of allylic oxidation sites excluding steroid dienone is 22. The minimum Gasteiger partial charge on any atom is -0.462 e. The van der Waals surface area contributed by atoms with Gasteiger partial charge in [-0.2, -0.15) is 0 Å². The monoisotopic (exact) mass is 953 g/mol. The van der Waals surface area contributed by atoms with E-state index in [0.717, 1.165) is 122 Å². The Morgan fingerprint density at radius 3 is 0.913 bits per heavy atom. The molecule has 69 heavy (non-hydrogen) atoms. The van der Waals surface area contributed by atoms with E-state index >= 15 is 0 Å². The van der Waals surface area contributed by atoms with Crippen molar-refractivity contribution >= 4 is 17.9 Å². The summed E-state index contributed by atoms with van der Waals surface area (Å²) in [7, 11) is 0. The van der Waals surface area contributed by atoms with Gasteiger partial charge in [-0.05, 0) is 141 Å². The molecule has 0 radical (unpaired) electrons. The topological polar surface area (TPSA) is 78.9 Å². The first kappa shape index (κ1) is 64.5. The fourth-order valence-corrected chi connectivity index (χ4v) is 6.95. The van der Waals surface area contributed by atoms with Gasteiger partial charge in [0, 0.05) is 19.3 Å². The van der Waals surface area contributed by atoms with Crippen molar-refractivity contribution in [2.75, 3.05) is 13.2 Å². The summed E-state index contributed by atoms with van der Waals surface area (Å²) >= 11 is 0. The Morgan fingerprint density at radius 2 is 0.565 bits per heavy atom. The van der Waals surface area contributed by atoms with Crippen LogP contribution in [-0.4, -0.2) is 37.2 Å². The maximum absolute atomic E-state index is 12.8. The molecule has 6 heteroatoms. The van der Waals surface area contributed by atoms with Crippen LogP contribution < -0.4 is 0 Å². The van der Waals surface area contributed by atoms with Crippen LogP contribution in [0, 0.1) is 0 Å². The average Bonchev–Trinajstić information content (AvgIpc) is 3.35. The Morgan fingerprint density at radius 1 is 0.304 bits per heavy atom. The number of ether oxygens (including phenoxy) is 3. The van der Waals surface area contributed by atoms with Crippen LogP contribution in [0.2, 0.25) is 0 Å². The lowest BCUT2D eigenvalue weighted by molar-refractivity contribution is -0.167. The van der Waals surface area contributed by atoms with Crippen LogP contribution in [0.4, 0.5) is 0 Å². The quantitative estimate of drug-likeness (QED) is 0.0262. The SMILES string of the molecule is CC/C=C\C/C=C\C/C=C\C/C=C\C/C=C\CCCCCC(=O)O[C@@H](COC(=O)CCCC/C=C\C/C=C\C/C=C\CCCCC)COC(=O)CCCCCC/C=C\C/C=C\C/C=C\CCCCC. The third-order valence-electron chi connectivity index (χ3n) is 11.1. The standard InChI is InChI=1S/C63H100O6/c1-4-7-10-13-16-19-22-25-28-30-31-33-36-39-42-45-48-51-54-57-63(66)69-60(58-67-61(64)55-52-49-46-43-40-37-34-27-24-21-18-15-12-9-6-3)59-68-62(65)56-53-50-47-44-41-38-35-32-29-26-23-20-17-14-11-8-5-2/h7,10,16-21,25-29,31,33-35,38-40,42-43,60H,4-6,8-9,11-15,22-24,30,32,36-37,41,44-59H2,1-3H3/b10-7-,19-16-,20-17-,21-18-,28-25-,29-26-,33-31-,34-27-,38-35-,42-39-,43-40-/t60-/m0/s1. The second-order valence-corrected chi connectivity index (χ2v) is 17.7. The van der Waals surface area contributed by atoms with Gasteiger partial charge in [-0.15, -0.1) is 0 Å². The first-order valence-electron chi connectivity index (χ1n) is 27.7. The molecule has 0 amide bonds. The van der Waals surface area contributed by atoms with Crippen molar-refractivity contribution in [3.8, 4) is 0 Å². The van der Waals surface area contributed by atoms with Crippen LogP contribution in [0.5, 0.6) is 0 Å². The van der Waals surface area contributed by atoms with Crippen molar-refractivity contribution in [3.05, 3.63) is 134 Å². The van der Waals surface area contributed by atoms with E-state index in [1.54, 1.807) is 0 Å². The Labute approximate surface area is 424 Å². The minimum atomic E-state index is -0.826. The normalized spacial score (nSPS) is 13.1. The largest absolute Gasteiger partial charge is 0.462 e. The van der Waals surface area contributed by atoms with E-state index in [1.165, 1.54) is 51.4 Å². The smallest absolute Gasteiger partial charge is 0.306 e. The van der Waals surface area contributed by atoms with E-state index in [-0.39, 0.29) is 37.5 Å². The Balaban J connectivity index is 4.58. The van der Waals surface area contributed by atoms with Crippen LogP contribution in [0.15, 0.2) is 134 Å². The summed E-state index contributed by atoms with van der Waals surface area (Å²) in [6.07, 6.45) is 78.6. The molecule has 1 atom stereocenters. The molecule has 0 aliphatic heterocycles. The molecule has 0 bridgehead atoms. The van der Waals surface area contributed by atoms with Gasteiger partial charge in [-0.1, -0.05) is 199 Å². The highest BCUT2D eigenvalue weighted by molar-refractivity contribution is 5.71. The Kier molecular flexibility index (Phi) is 52.5. The molecule has 0 unspecified atom stereocenters. The lowest BCUT2D eigenvalue weighted by Gasteiger charge is -2.18. The van der Waals surface area contributed by atoms with Gasteiger partial charge >= 0.3 is 17.9 Å². The molecule has 0 spiro atoms. The molecular formula is C63H100O6. The zero-order valence-corrected chi connectivity index (χ0v) is 44.3. The first-order valence-corrected chi connectivity index (χ1v) is 27.7. The molecule has 0 aromatic rings. The summed E-state index contributed by atoms with van der Waals surface area (Å²) < 4.78 is 16.8. The van der Waals surface area contributed by atoms with Crippen LogP contribution in [-0.2, 0) is 28.6 Å². The molecule has 0 rings (SSSR count). The van der Waals surface area contributed by atoms with E-state index < -0.39 is 6.10 Å². The van der Waals surface area contributed by atoms with Crippen molar-refractivity contribution in [2.24, 2.45) is 0 Å². The second kappa shape index (κ2) is 56.1. The number of esters is 3. The Hall–Kier alpha value is -4.45. The highest BCUT2D eigenvalue weighted by Gasteiger charge is 2.19. The van der Waals surface area contributed by atoms with Gasteiger partial charge < -0.3 is 14.2 Å². The highest BCUT2D eigenvalue weighted by Crippen LogP contribution is 2.11. The van der Waals surface area contributed by atoms with Gasteiger partial charge in [0.25, 0.3) is 0 Å². The van der Waals surface area contributed by atoms with E-state index in [1.807, 2.05) is 0 Å². The van der Waals surface area contributed by atoms with Gasteiger partial charge in [0.05, 0.1) is 0 Å². The summed E-state index contributed by atoms with van der Waals surface area (Å²) in [4.78, 5) is 38.1. The third-order valence-corrected chi connectivity index (χ3v) is 11.1. The highest BCUT2D eigenvalue weighted by atomic mass is 16.6. The maximum atomic E-state index is 12.8. The lowest BCUT2D eigenvalue weighted by atomic mass is 10.1. The first-order chi connectivity index (χ1) is 34.0. The molecule has 0 saturated heterocycles. The fraction of sp³-hybridized carbons (Fsp3) is 0.603. The van der Waals surface area contributed by atoms with Crippen LogP contribution in [0.1, 0.15) is 226 Å². The van der Waals surface area contributed by atoms with Gasteiger partial charge in [0.1, 0.15) is 13.2 Å². The number of hydrogen-bond donors (Lipinski definition) is 0. The van der Waals surface area contributed by atoms with Crippen molar-refractivity contribution in [1.29, 1.82) is 0 Å². The van der Waals surface area contributed by atoms with Gasteiger partial charge in [0.15, 0.2) is 6.10 Å². The molecule has 388 valence electrons. The fourth-order valence-electron chi connectivity index (χ4n) is 6.95. The summed E-state index contributed by atoms with van der Waals surface area (Å²) in [5.74, 6) is -1.02. The zero-order chi connectivity index (χ0) is 50.0. The molecule has 6 nitrogen and oxygen atoms in total. The molecule has 0 aromatic carbocycles. The molecule has 0 aromatic heterocycles. The number of hydrogen-bond acceptors (Lipinski definition) is 6. The lowest BCUT2D eigenvalue weighted by Crippen LogP contribution is -2.30. The van der Waals surface area contributed by atoms with E-state index in [2.05, 4.69) is 154 Å². The van der Waals surface area contributed by atoms with Gasteiger partial charge in [-0.3, -0.25) is 14.4 Å². The maximum Gasteiger partial charge on any atom is 0.306 e. The third kappa shape index (κ3) is 54.4. The van der Waals surface area contributed by atoms with Crippen molar-refractivity contribution in [1.82, 2.24) is 0 Å². The van der Waals surface area contributed by atoms with Crippen LogP contribution in [0.3, 0.4) is 0 Å². The molecule has 0 fully saturated rings. The number of carbonyl (C=O) groups excluding carboxylic acids is 3. The van der Waals surface area contributed by atoms with Crippen molar-refractivity contribution < 1.29 is 28.6 Å². The van der Waals surface area contributed by atoms with Crippen LogP contribution >= 0.6 is 0 Å². The van der Waals surface area contributed by atoms with E-state index in [0.29, 0.717) is 25.7 Å². The minimum absolute atomic E-state index is 0.120. The number of unbranched alkanes of at least 4 members (excludes halogenated alkanes) is 15. The molecule has 0 N–H and O–H groups in total. The predicted octanol–water partition coefficient (Wildman–Crippen LogP) is 18.6. The van der Waals surface area contributed by atoms with Crippen molar-refractivity contribution in [2.45, 2.75) is 232 Å². The molecule has 0 aliphatic rings. The van der Waals surface area contributed by atoms with E-state index in [9.17, 15) is 14.4 Å². The number of rotatable bonds is 48. The summed E-state index contributed by atoms with van der Waals surface area (Å²) in [5, 5.41) is 0.